The standard InChI is InChI=1S/C16H11F7O2/c1-24-12-3-2-4-13(9-12)25-16(22,23)14(17,18)10-5-7-11(8-6-10)15(19,20)21/h2-9H,1H3. The fraction of sp³-hybridized carbons (Fsp3) is 0.250. The Kier molecular flexibility index (Phi) is 4.87. The first-order valence-electron chi connectivity index (χ1n) is 6.74. The van der Waals surface area contributed by atoms with Gasteiger partial charge in [0.05, 0.1) is 12.7 Å². The molecular formula is C16H11F7O2. The van der Waals surface area contributed by atoms with Crippen molar-refractivity contribution < 1.29 is 40.2 Å². The molecule has 0 N–H and O–H groups in total. The Morgan fingerprint density at radius 1 is 0.720 bits per heavy atom. The van der Waals surface area contributed by atoms with Crippen LogP contribution in [0.15, 0.2) is 48.5 Å². The molecule has 2 nitrogen and oxygen atoms in total. The second-order valence-electron chi connectivity index (χ2n) is 4.95. The zero-order valence-corrected chi connectivity index (χ0v) is 12.6. The predicted octanol–water partition coefficient (Wildman–Crippen LogP) is 5.48. The van der Waals surface area contributed by atoms with Crippen LogP contribution in [-0.2, 0) is 12.1 Å². The fourth-order valence-corrected chi connectivity index (χ4v) is 1.91. The first kappa shape index (κ1) is 18.9. The first-order chi connectivity index (χ1) is 11.5. The molecule has 136 valence electrons. The van der Waals surface area contributed by atoms with Crippen LogP contribution < -0.4 is 9.47 Å². The summed E-state index contributed by atoms with van der Waals surface area (Å²) in [4.78, 5) is 0. The van der Waals surface area contributed by atoms with E-state index in [2.05, 4.69) is 4.74 Å². The van der Waals surface area contributed by atoms with Crippen molar-refractivity contribution in [1.29, 1.82) is 0 Å². The molecule has 25 heavy (non-hydrogen) atoms. The number of methoxy groups -OCH3 is 1. The van der Waals surface area contributed by atoms with Gasteiger partial charge in [-0.25, -0.2) is 0 Å². The van der Waals surface area contributed by atoms with Gasteiger partial charge in [0.25, 0.3) is 0 Å². The molecule has 0 radical (unpaired) electrons. The molecule has 0 atom stereocenters. The molecule has 0 aliphatic rings. The average molecular weight is 368 g/mol. The molecule has 2 rings (SSSR count). The number of halogens is 7. The summed E-state index contributed by atoms with van der Waals surface area (Å²) >= 11 is 0. The highest BCUT2D eigenvalue weighted by molar-refractivity contribution is 5.34. The average Bonchev–Trinajstić information content (AvgIpc) is 2.53. The van der Waals surface area contributed by atoms with E-state index in [1.807, 2.05) is 0 Å². The van der Waals surface area contributed by atoms with Gasteiger partial charge in [0.1, 0.15) is 11.5 Å². The third kappa shape index (κ3) is 3.97. The molecule has 0 saturated carbocycles. The number of hydrogen-bond donors (Lipinski definition) is 0. The van der Waals surface area contributed by atoms with E-state index in [1.165, 1.54) is 19.2 Å². The minimum atomic E-state index is -5.00. The van der Waals surface area contributed by atoms with Gasteiger partial charge in [0, 0.05) is 11.6 Å². The van der Waals surface area contributed by atoms with Crippen molar-refractivity contribution >= 4 is 0 Å². The highest BCUT2D eigenvalue weighted by Crippen LogP contribution is 2.45. The second kappa shape index (κ2) is 6.45. The molecule has 0 saturated heterocycles. The Hall–Kier alpha value is -2.45. The Balaban J connectivity index is 2.29. The summed E-state index contributed by atoms with van der Waals surface area (Å²) in [6.45, 7) is 0. The number of benzene rings is 2. The quantitative estimate of drug-likeness (QED) is 0.651. The van der Waals surface area contributed by atoms with Crippen molar-refractivity contribution in [1.82, 2.24) is 0 Å². The monoisotopic (exact) mass is 368 g/mol. The van der Waals surface area contributed by atoms with E-state index in [9.17, 15) is 30.7 Å². The summed E-state index contributed by atoms with van der Waals surface area (Å²) in [5.74, 6) is -5.35. The summed E-state index contributed by atoms with van der Waals surface area (Å²) < 4.78 is 102. The minimum Gasteiger partial charge on any atom is -0.497 e. The normalized spacial score (nSPS) is 12.8. The summed E-state index contributed by atoms with van der Waals surface area (Å²) in [7, 11) is 1.24. The molecule has 0 aromatic heterocycles. The van der Waals surface area contributed by atoms with Crippen LogP contribution in [0.5, 0.6) is 11.5 Å². The zero-order valence-electron chi connectivity index (χ0n) is 12.6. The minimum absolute atomic E-state index is 0.103. The van der Waals surface area contributed by atoms with Gasteiger partial charge in [0.15, 0.2) is 0 Å². The smallest absolute Gasteiger partial charge is 0.469 e. The molecule has 2 aromatic carbocycles. The summed E-state index contributed by atoms with van der Waals surface area (Å²) in [6, 6.07) is 5.78. The maximum absolute atomic E-state index is 14.0. The molecule has 0 aliphatic carbocycles. The van der Waals surface area contributed by atoms with Crippen LogP contribution in [0.4, 0.5) is 30.7 Å². The Bertz CT molecular complexity index is 724. The van der Waals surface area contributed by atoms with Crippen molar-refractivity contribution in [2.24, 2.45) is 0 Å². The molecule has 0 heterocycles. The third-order valence-corrected chi connectivity index (χ3v) is 3.23. The van der Waals surface area contributed by atoms with Gasteiger partial charge < -0.3 is 9.47 Å². The van der Waals surface area contributed by atoms with Gasteiger partial charge in [-0.2, -0.15) is 30.7 Å². The van der Waals surface area contributed by atoms with Crippen LogP contribution in [0.2, 0.25) is 0 Å². The number of hydrogen-bond acceptors (Lipinski definition) is 2. The third-order valence-electron chi connectivity index (χ3n) is 3.23. The molecule has 0 fully saturated rings. The summed E-state index contributed by atoms with van der Waals surface area (Å²) in [6.07, 6.45) is -9.77. The van der Waals surface area contributed by atoms with Gasteiger partial charge in [-0.1, -0.05) is 18.2 Å². The van der Waals surface area contributed by atoms with Crippen molar-refractivity contribution in [2.45, 2.75) is 18.2 Å². The van der Waals surface area contributed by atoms with Crippen LogP contribution in [0.25, 0.3) is 0 Å². The van der Waals surface area contributed by atoms with Crippen molar-refractivity contribution in [3.8, 4) is 11.5 Å². The van der Waals surface area contributed by atoms with Gasteiger partial charge in [-0.15, -0.1) is 0 Å². The van der Waals surface area contributed by atoms with E-state index in [4.69, 9.17) is 4.74 Å². The van der Waals surface area contributed by atoms with E-state index in [0.29, 0.717) is 12.1 Å². The lowest BCUT2D eigenvalue weighted by Crippen LogP contribution is -2.43. The van der Waals surface area contributed by atoms with Gasteiger partial charge in [0.2, 0.25) is 0 Å². The lowest BCUT2D eigenvalue weighted by atomic mass is 10.0. The van der Waals surface area contributed by atoms with Crippen LogP contribution in [0.1, 0.15) is 11.1 Å². The van der Waals surface area contributed by atoms with Gasteiger partial charge in [-0.3, -0.25) is 0 Å². The van der Waals surface area contributed by atoms with E-state index >= 15 is 0 Å². The second-order valence-corrected chi connectivity index (χ2v) is 4.95. The van der Waals surface area contributed by atoms with E-state index < -0.39 is 35.1 Å². The van der Waals surface area contributed by atoms with E-state index in [1.54, 1.807) is 0 Å². The molecule has 0 aliphatic heterocycles. The highest BCUT2D eigenvalue weighted by atomic mass is 19.4. The number of alkyl halides is 7. The van der Waals surface area contributed by atoms with Gasteiger partial charge >= 0.3 is 18.2 Å². The predicted molar refractivity (Wildman–Crippen MR) is 73.9 cm³/mol. The molecule has 9 heteroatoms. The van der Waals surface area contributed by atoms with Crippen LogP contribution >= 0.6 is 0 Å². The molecular weight excluding hydrogens is 357 g/mol. The topological polar surface area (TPSA) is 18.5 Å². The molecule has 2 aromatic rings. The molecule has 0 unspecified atom stereocenters. The lowest BCUT2D eigenvalue weighted by molar-refractivity contribution is -0.316. The zero-order chi connectivity index (χ0) is 18.9. The van der Waals surface area contributed by atoms with Crippen molar-refractivity contribution in [3.63, 3.8) is 0 Å². The van der Waals surface area contributed by atoms with E-state index in [0.717, 1.165) is 12.1 Å². The van der Waals surface area contributed by atoms with Crippen LogP contribution in [-0.4, -0.2) is 13.2 Å². The maximum atomic E-state index is 14.0. The van der Waals surface area contributed by atoms with Gasteiger partial charge in [-0.05, 0) is 24.3 Å². The SMILES string of the molecule is COc1cccc(OC(F)(F)C(F)(F)c2ccc(C(F)(F)F)cc2)c1. The van der Waals surface area contributed by atoms with Crippen LogP contribution in [0.3, 0.4) is 0 Å². The lowest BCUT2D eigenvalue weighted by Gasteiger charge is -2.27. The van der Waals surface area contributed by atoms with E-state index in [-0.39, 0.29) is 17.9 Å². The summed E-state index contributed by atoms with van der Waals surface area (Å²) in [5, 5.41) is 0. The highest BCUT2D eigenvalue weighted by Gasteiger charge is 2.60. The van der Waals surface area contributed by atoms with Crippen molar-refractivity contribution in [2.75, 3.05) is 7.11 Å². The largest absolute Gasteiger partial charge is 0.497 e. The summed E-state index contributed by atoms with van der Waals surface area (Å²) in [5.41, 5.74) is -2.54. The Labute approximate surface area is 137 Å². The molecule has 0 bridgehead atoms. The Morgan fingerprint density at radius 2 is 1.24 bits per heavy atom. The number of ether oxygens (including phenoxy) is 2. The van der Waals surface area contributed by atoms with Crippen molar-refractivity contribution in [3.05, 3.63) is 59.7 Å². The number of rotatable bonds is 5. The maximum Gasteiger partial charge on any atom is 0.469 e. The molecule has 0 spiro atoms. The molecule has 0 amide bonds. The fourth-order valence-electron chi connectivity index (χ4n) is 1.91. The van der Waals surface area contributed by atoms with Crippen LogP contribution in [0, 0.1) is 0 Å². The first-order valence-corrected chi connectivity index (χ1v) is 6.74. The Morgan fingerprint density at radius 3 is 1.76 bits per heavy atom.